The molecule has 0 aliphatic rings. The number of benzene rings is 1. The first-order valence-electron chi connectivity index (χ1n) is 7.37. The molecule has 0 spiro atoms. The number of aromatic nitrogens is 3. The Morgan fingerprint density at radius 1 is 1.08 bits per heavy atom. The Morgan fingerprint density at radius 2 is 1.81 bits per heavy atom. The molecule has 0 bridgehead atoms. The molecule has 2 heterocycles. The molecule has 0 fully saturated rings. The summed E-state index contributed by atoms with van der Waals surface area (Å²) < 4.78 is 41.5. The minimum Gasteiger partial charge on any atom is -0.329 e. The molecule has 0 aliphatic heterocycles. The summed E-state index contributed by atoms with van der Waals surface area (Å²) in [6.07, 6.45) is -1.51. The molecule has 0 unspecified atom stereocenters. The summed E-state index contributed by atoms with van der Waals surface area (Å²) >= 11 is 0. The Kier molecular flexibility index (Phi) is 4.83. The minimum atomic E-state index is -4.67. The summed E-state index contributed by atoms with van der Waals surface area (Å²) in [4.78, 5) is 19.1. The molecule has 2 aromatic heterocycles. The van der Waals surface area contributed by atoms with Crippen LogP contribution in [0.25, 0.3) is 0 Å². The van der Waals surface area contributed by atoms with E-state index in [9.17, 15) is 18.0 Å². The van der Waals surface area contributed by atoms with Crippen LogP contribution >= 0.6 is 0 Å². The fourth-order valence-electron chi connectivity index (χ4n) is 2.06. The Hall–Kier alpha value is -3.43. The van der Waals surface area contributed by atoms with Gasteiger partial charge < -0.3 is 15.2 Å². The van der Waals surface area contributed by atoms with Gasteiger partial charge in [0.15, 0.2) is 5.82 Å². The van der Waals surface area contributed by atoms with Crippen molar-refractivity contribution >= 4 is 17.4 Å². The van der Waals surface area contributed by atoms with Gasteiger partial charge in [-0.15, -0.1) is 0 Å². The molecule has 0 radical (unpaired) electrons. The lowest BCUT2D eigenvalue weighted by atomic mass is 10.1. The first-order chi connectivity index (χ1) is 12.4. The van der Waals surface area contributed by atoms with Crippen molar-refractivity contribution in [2.24, 2.45) is 0 Å². The van der Waals surface area contributed by atoms with Gasteiger partial charge in [0.05, 0.1) is 11.9 Å². The molecule has 0 saturated heterocycles. The lowest BCUT2D eigenvalue weighted by Crippen LogP contribution is -2.19. The van der Waals surface area contributed by atoms with E-state index in [-0.39, 0.29) is 12.2 Å². The topological polar surface area (TPSA) is 92.9 Å². The van der Waals surface area contributed by atoms with Gasteiger partial charge in [0.1, 0.15) is 0 Å². The van der Waals surface area contributed by atoms with Crippen LogP contribution in [-0.4, -0.2) is 21.2 Å². The van der Waals surface area contributed by atoms with Crippen LogP contribution in [-0.2, 0) is 12.6 Å². The van der Waals surface area contributed by atoms with E-state index in [1.807, 2.05) is 0 Å². The lowest BCUT2D eigenvalue weighted by Gasteiger charge is -2.07. The Morgan fingerprint density at radius 3 is 2.42 bits per heavy atom. The van der Waals surface area contributed by atoms with E-state index in [1.54, 1.807) is 42.6 Å². The minimum absolute atomic E-state index is 0.0712. The summed E-state index contributed by atoms with van der Waals surface area (Å²) in [5.41, 5.74) is 1.72. The number of nitrogens with zero attached hydrogens (tertiary/aromatic N) is 3. The molecule has 1 aromatic carbocycles. The number of carbonyl (C=O) groups is 1. The third kappa shape index (κ3) is 4.56. The molecular weight excluding hydrogens is 351 g/mol. The monoisotopic (exact) mass is 363 g/mol. The molecule has 0 aliphatic carbocycles. The quantitative estimate of drug-likeness (QED) is 0.737. The average molecular weight is 363 g/mol. The SMILES string of the molecule is O=C(Nc1ccc(Cc2noc(C(F)(F)F)n2)cc1)Nc1cccnc1. The van der Waals surface area contributed by atoms with E-state index in [0.29, 0.717) is 16.9 Å². The van der Waals surface area contributed by atoms with Crippen LogP contribution in [0.3, 0.4) is 0 Å². The number of halogens is 3. The van der Waals surface area contributed by atoms with Gasteiger partial charge >= 0.3 is 18.1 Å². The molecular formula is C16H12F3N5O2. The van der Waals surface area contributed by atoms with Gasteiger partial charge in [-0.2, -0.15) is 18.2 Å². The highest BCUT2D eigenvalue weighted by atomic mass is 19.4. The van der Waals surface area contributed by atoms with Gasteiger partial charge in [-0.3, -0.25) is 4.98 Å². The Labute approximate surface area is 145 Å². The number of rotatable bonds is 4. The van der Waals surface area contributed by atoms with Crippen molar-refractivity contribution in [3.8, 4) is 0 Å². The summed E-state index contributed by atoms with van der Waals surface area (Å²) in [5, 5.41) is 8.54. The zero-order chi connectivity index (χ0) is 18.6. The summed E-state index contributed by atoms with van der Waals surface area (Å²) in [6, 6.07) is 9.44. The van der Waals surface area contributed by atoms with Crippen LogP contribution in [0.5, 0.6) is 0 Å². The predicted molar refractivity (Wildman–Crippen MR) is 85.4 cm³/mol. The highest BCUT2D eigenvalue weighted by Gasteiger charge is 2.38. The third-order valence-electron chi connectivity index (χ3n) is 3.20. The number of nitrogens with one attached hydrogen (secondary N) is 2. The molecule has 10 heteroatoms. The van der Waals surface area contributed by atoms with Crippen LogP contribution in [0.4, 0.5) is 29.3 Å². The predicted octanol–water partition coefficient (Wildman–Crippen LogP) is 3.72. The van der Waals surface area contributed by atoms with E-state index in [0.717, 1.165) is 0 Å². The van der Waals surface area contributed by atoms with Gasteiger partial charge in [-0.1, -0.05) is 17.3 Å². The Bertz CT molecular complexity index is 879. The van der Waals surface area contributed by atoms with Gasteiger partial charge in [0.25, 0.3) is 0 Å². The zero-order valence-corrected chi connectivity index (χ0v) is 13.1. The second-order valence-corrected chi connectivity index (χ2v) is 5.21. The standard InChI is InChI=1S/C16H12F3N5O2/c17-16(18,19)14-23-13(24-26-14)8-10-3-5-11(6-4-10)21-15(25)22-12-2-1-7-20-9-12/h1-7,9H,8H2,(H2,21,22,25). The van der Waals surface area contributed by atoms with Crippen LogP contribution in [0, 0.1) is 0 Å². The van der Waals surface area contributed by atoms with Crippen LogP contribution in [0.1, 0.15) is 17.3 Å². The van der Waals surface area contributed by atoms with E-state index in [1.165, 1.54) is 6.20 Å². The molecule has 0 saturated carbocycles. The average Bonchev–Trinajstić information content (AvgIpc) is 3.06. The van der Waals surface area contributed by atoms with Crippen molar-refractivity contribution in [3.63, 3.8) is 0 Å². The summed E-state index contributed by atoms with van der Waals surface area (Å²) in [7, 11) is 0. The number of hydrogen-bond acceptors (Lipinski definition) is 5. The molecule has 26 heavy (non-hydrogen) atoms. The van der Waals surface area contributed by atoms with E-state index < -0.39 is 18.1 Å². The highest BCUT2D eigenvalue weighted by molar-refractivity contribution is 5.99. The number of anilines is 2. The second kappa shape index (κ2) is 7.21. The molecule has 7 nitrogen and oxygen atoms in total. The fourth-order valence-corrected chi connectivity index (χ4v) is 2.06. The smallest absolute Gasteiger partial charge is 0.329 e. The maximum atomic E-state index is 12.4. The normalized spacial score (nSPS) is 11.2. The molecule has 0 atom stereocenters. The number of pyridine rings is 1. The first kappa shape index (κ1) is 17.4. The number of hydrogen-bond donors (Lipinski definition) is 2. The van der Waals surface area contributed by atoms with Gasteiger partial charge in [-0.05, 0) is 29.8 Å². The van der Waals surface area contributed by atoms with Crippen molar-refractivity contribution in [1.82, 2.24) is 15.1 Å². The fraction of sp³-hybridized carbons (Fsp3) is 0.125. The maximum Gasteiger partial charge on any atom is 0.471 e. The number of amides is 2. The van der Waals surface area contributed by atoms with Crippen molar-refractivity contribution < 1.29 is 22.5 Å². The van der Waals surface area contributed by atoms with Gasteiger partial charge in [0, 0.05) is 18.3 Å². The van der Waals surface area contributed by atoms with E-state index >= 15 is 0 Å². The highest BCUT2D eigenvalue weighted by Crippen LogP contribution is 2.27. The zero-order valence-electron chi connectivity index (χ0n) is 13.1. The summed E-state index contributed by atoms with van der Waals surface area (Å²) in [6.45, 7) is 0. The number of alkyl halides is 3. The van der Waals surface area contributed by atoms with E-state index in [4.69, 9.17) is 0 Å². The van der Waals surface area contributed by atoms with Crippen molar-refractivity contribution in [1.29, 1.82) is 0 Å². The Balaban J connectivity index is 1.58. The van der Waals surface area contributed by atoms with Crippen molar-refractivity contribution in [2.75, 3.05) is 10.6 Å². The van der Waals surface area contributed by atoms with Crippen LogP contribution in [0.15, 0.2) is 53.3 Å². The molecule has 3 aromatic rings. The van der Waals surface area contributed by atoms with Crippen LogP contribution < -0.4 is 10.6 Å². The first-order valence-corrected chi connectivity index (χ1v) is 7.37. The molecule has 134 valence electrons. The van der Waals surface area contributed by atoms with Gasteiger partial charge in [0.2, 0.25) is 0 Å². The van der Waals surface area contributed by atoms with Crippen molar-refractivity contribution in [3.05, 3.63) is 66.1 Å². The van der Waals surface area contributed by atoms with Gasteiger partial charge in [-0.25, -0.2) is 4.79 Å². The van der Waals surface area contributed by atoms with Crippen LogP contribution in [0.2, 0.25) is 0 Å². The van der Waals surface area contributed by atoms with Crippen molar-refractivity contribution in [2.45, 2.75) is 12.6 Å². The maximum absolute atomic E-state index is 12.4. The molecule has 2 N–H and O–H groups in total. The number of urea groups is 1. The second-order valence-electron chi connectivity index (χ2n) is 5.21. The molecule has 2 amide bonds. The lowest BCUT2D eigenvalue weighted by molar-refractivity contribution is -0.159. The van der Waals surface area contributed by atoms with E-state index in [2.05, 4.69) is 30.3 Å². The third-order valence-corrected chi connectivity index (χ3v) is 3.20. The summed E-state index contributed by atoms with van der Waals surface area (Å²) in [5.74, 6) is -1.45. The molecule has 3 rings (SSSR count). The largest absolute Gasteiger partial charge is 0.471 e. The number of carbonyl (C=O) groups excluding carboxylic acids is 1.